The van der Waals surface area contributed by atoms with Gasteiger partial charge < -0.3 is 10.1 Å². The summed E-state index contributed by atoms with van der Waals surface area (Å²) in [5.41, 5.74) is 4.58. The van der Waals surface area contributed by atoms with Gasteiger partial charge >= 0.3 is 0 Å². The van der Waals surface area contributed by atoms with E-state index in [0.29, 0.717) is 23.8 Å². The molecule has 0 bridgehead atoms. The van der Waals surface area contributed by atoms with Crippen LogP contribution in [0.4, 0.5) is 11.4 Å². The largest absolute Gasteiger partial charge is 0.489 e. The number of carbonyl (C=O) groups excluding carboxylic acids is 1. The average molecular weight is 459 g/mol. The standard InChI is InChI=1S/C28H27ClN2O2/c1-28(2)15-24-26(25(32)16-28)27(31-23-11-7-6-10-22(23)30-24)20-13-12-19(14-21(20)29)33-17-18-8-4-3-5-9-18/h3-14,26-27,31H,15-17H2,1-2H3. The number of anilines is 1. The number of fused-ring (bicyclic) bond motifs is 2. The monoisotopic (exact) mass is 458 g/mol. The second-order valence-corrected chi connectivity index (χ2v) is 10.1. The zero-order chi connectivity index (χ0) is 23.0. The lowest BCUT2D eigenvalue weighted by molar-refractivity contribution is -0.124. The zero-order valence-corrected chi connectivity index (χ0v) is 19.6. The molecule has 0 aromatic heterocycles. The number of nitrogens with one attached hydrogen (secondary N) is 1. The maximum absolute atomic E-state index is 13.4. The van der Waals surface area contributed by atoms with Crippen LogP contribution in [0.15, 0.2) is 77.8 Å². The number of rotatable bonds is 4. The number of ether oxygens (including phenoxy) is 1. The maximum Gasteiger partial charge on any atom is 0.144 e. The van der Waals surface area contributed by atoms with Crippen molar-refractivity contribution >= 4 is 34.5 Å². The number of carbonyl (C=O) groups is 1. The van der Waals surface area contributed by atoms with Gasteiger partial charge in [-0.2, -0.15) is 0 Å². The minimum Gasteiger partial charge on any atom is -0.489 e. The van der Waals surface area contributed by atoms with Gasteiger partial charge in [0.2, 0.25) is 0 Å². The van der Waals surface area contributed by atoms with Crippen LogP contribution in [0.3, 0.4) is 0 Å². The topological polar surface area (TPSA) is 50.7 Å². The molecule has 1 aliphatic carbocycles. The van der Waals surface area contributed by atoms with Crippen molar-refractivity contribution in [2.45, 2.75) is 39.3 Å². The Morgan fingerprint density at radius 2 is 1.79 bits per heavy atom. The van der Waals surface area contributed by atoms with Gasteiger partial charge in [0, 0.05) is 17.2 Å². The first-order chi connectivity index (χ1) is 15.9. The van der Waals surface area contributed by atoms with E-state index in [9.17, 15) is 4.79 Å². The van der Waals surface area contributed by atoms with Gasteiger partial charge in [-0.25, -0.2) is 0 Å². The number of benzene rings is 3. The van der Waals surface area contributed by atoms with Crippen molar-refractivity contribution in [2.24, 2.45) is 16.3 Å². The summed E-state index contributed by atoms with van der Waals surface area (Å²) in [6.07, 6.45) is 1.31. The highest BCUT2D eigenvalue weighted by molar-refractivity contribution is 6.31. The van der Waals surface area contributed by atoms with Gasteiger partial charge in [0.05, 0.1) is 23.3 Å². The van der Waals surface area contributed by atoms with Crippen LogP contribution in [0.25, 0.3) is 0 Å². The zero-order valence-electron chi connectivity index (χ0n) is 18.8. The first-order valence-corrected chi connectivity index (χ1v) is 11.7. The Morgan fingerprint density at radius 3 is 2.58 bits per heavy atom. The third-order valence-electron chi connectivity index (χ3n) is 6.39. The third-order valence-corrected chi connectivity index (χ3v) is 6.71. The van der Waals surface area contributed by atoms with Gasteiger partial charge in [-0.3, -0.25) is 9.79 Å². The Morgan fingerprint density at radius 1 is 1.03 bits per heavy atom. The minimum atomic E-state index is -0.348. The molecule has 2 unspecified atom stereocenters. The van der Waals surface area contributed by atoms with E-state index < -0.39 is 0 Å². The van der Waals surface area contributed by atoms with E-state index in [1.54, 1.807) is 0 Å². The van der Waals surface area contributed by atoms with E-state index in [4.69, 9.17) is 21.3 Å². The maximum atomic E-state index is 13.4. The number of para-hydroxylation sites is 2. The molecule has 0 radical (unpaired) electrons. The molecule has 1 saturated carbocycles. The molecule has 1 fully saturated rings. The van der Waals surface area contributed by atoms with Crippen LogP contribution in [0.1, 0.15) is 43.9 Å². The van der Waals surface area contributed by atoms with Gasteiger partial charge in [-0.05, 0) is 47.2 Å². The predicted octanol–water partition coefficient (Wildman–Crippen LogP) is 7.16. The summed E-state index contributed by atoms with van der Waals surface area (Å²) in [6.45, 7) is 4.74. The molecule has 5 heteroatoms. The van der Waals surface area contributed by atoms with Gasteiger partial charge in [0.15, 0.2) is 0 Å². The molecule has 2 atom stereocenters. The molecule has 0 saturated heterocycles. The van der Waals surface area contributed by atoms with Crippen LogP contribution in [0.5, 0.6) is 5.75 Å². The SMILES string of the molecule is CC1(C)CC(=O)C2C(=Nc3ccccc3NC2c2ccc(OCc3ccccc3)cc2Cl)C1. The molecule has 1 heterocycles. The van der Waals surface area contributed by atoms with Crippen molar-refractivity contribution < 1.29 is 9.53 Å². The molecule has 4 nitrogen and oxygen atoms in total. The summed E-state index contributed by atoms with van der Waals surface area (Å²) in [4.78, 5) is 18.3. The van der Waals surface area contributed by atoms with Crippen LogP contribution in [0, 0.1) is 11.3 Å². The van der Waals surface area contributed by atoms with Crippen molar-refractivity contribution in [3.63, 3.8) is 0 Å². The van der Waals surface area contributed by atoms with E-state index in [2.05, 4.69) is 19.2 Å². The van der Waals surface area contributed by atoms with Crippen LogP contribution in [0.2, 0.25) is 5.02 Å². The van der Waals surface area contributed by atoms with Gasteiger partial charge in [-0.1, -0.05) is 74.0 Å². The highest BCUT2D eigenvalue weighted by Crippen LogP contribution is 2.46. The number of aliphatic imine (C=N–C) groups is 1. The molecular formula is C28H27ClN2O2. The highest BCUT2D eigenvalue weighted by Gasteiger charge is 2.44. The van der Waals surface area contributed by atoms with Gasteiger partial charge in [-0.15, -0.1) is 0 Å². The molecule has 2 aliphatic rings. The molecule has 1 aliphatic heterocycles. The lowest BCUT2D eigenvalue weighted by atomic mass is 9.68. The van der Waals surface area contributed by atoms with Crippen LogP contribution >= 0.6 is 11.6 Å². The Bertz CT molecular complexity index is 1220. The molecule has 1 N–H and O–H groups in total. The third kappa shape index (κ3) is 4.53. The van der Waals surface area contributed by atoms with E-state index >= 15 is 0 Å². The van der Waals surface area contributed by atoms with Crippen molar-refractivity contribution in [1.29, 1.82) is 0 Å². The lowest BCUT2D eigenvalue weighted by Gasteiger charge is -2.37. The van der Waals surface area contributed by atoms with E-state index in [1.165, 1.54) is 0 Å². The Kier molecular flexibility index (Phi) is 5.71. The summed E-state index contributed by atoms with van der Waals surface area (Å²) in [5, 5.41) is 4.17. The summed E-state index contributed by atoms with van der Waals surface area (Å²) in [5.74, 6) is 0.557. The number of nitrogens with zero attached hydrogens (tertiary/aromatic N) is 1. The van der Waals surface area contributed by atoms with Crippen molar-refractivity contribution in [1.82, 2.24) is 0 Å². The molecule has 5 rings (SSSR count). The molecule has 33 heavy (non-hydrogen) atoms. The Balaban J connectivity index is 1.48. The number of Topliss-reactive ketones (excluding diaryl/α,β-unsaturated/α-hetero) is 1. The number of halogens is 1. The van der Waals surface area contributed by atoms with Crippen LogP contribution in [-0.4, -0.2) is 11.5 Å². The fourth-order valence-electron chi connectivity index (χ4n) is 4.86. The molecule has 168 valence electrons. The van der Waals surface area contributed by atoms with Gasteiger partial charge in [0.1, 0.15) is 18.1 Å². The van der Waals surface area contributed by atoms with E-state index in [0.717, 1.165) is 34.6 Å². The minimum absolute atomic E-state index is 0.102. The average Bonchev–Trinajstić information content (AvgIpc) is 2.94. The van der Waals surface area contributed by atoms with Gasteiger partial charge in [0.25, 0.3) is 0 Å². The van der Waals surface area contributed by atoms with Crippen LogP contribution < -0.4 is 10.1 Å². The smallest absolute Gasteiger partial charge is 0.144 e. The second-order valence-electron chi connectivity index (χ2n) is 9.66. The number of hydrogen-bond acceptors (Lipinski definition) is 4. The number of ketones is 1. The molecule has 0 amide bonds. The van der Waals surface area contributed by atoms with E-state index in [-0.39, 0.29) is 23.2 Å². The fourth-order valence-corrected chi connectivity index (χ4v) is 5.15. The predicted molar refractivity (Wildman–Crippen MR) is 134 cm³/mol. The summed E-state index contributed by atoms with van der Waals surface area (Å²) in [6, 6.07) is 23.4. The summed E-state index contributed by atoms with van der Waals surface area (Å²) < 4.78 is 5.96. The van der Waals surface area contributed by atoms with Crippen LogP contribution in [-0.2, 0) is 11.4 Å². The second kappa shape index (κ2) is 8.68. The quantitative estimate of drug-likeness (QED) is 0.451. The molecule has 3 aromatic rings. The van der Waals surface area contributed by atoms with Crippen molar-refractivity contribution in [2.75, 3.05) is 5.32 Å². The fraction of sp³-hybridized carbons (Fsp3) is 0.286. The van der Waals surface area contributed by atoms with E-state index in [1.807, 2.05) is 72.8 Å². The normalized spacial score (nSPS) is 21.2. The molecular weight excluding hydrogens is 432 g/mol. The first kappa shape index (κ1) is 21.7. The first-order valence-electron chi connectivity index (χ1n) is 11.3. The highest BCUT2D eigenvalue weighted by atomic mass is 35.5. The summed E-state index contributed by atoms with van der Waals surface area (Å²) >= 11 is 6.79. The summed E-state index contributed by atoms with van der Waals surface area (Å²) in [7, 11) is 0. The Labute approximate surface area is 199 Å². The number of hydrogen-bond donors (Lipinski definition) is 1. The molecule has 3 aromatic carbocycles. The lowest BCUT2D eigenvalue weighted by Crippen LogP contribution is -2.42. The molecule has 0 spiro atoms. The Hall–Kier alpha value is -3.11. The van der Waals surface area contributed by atoms with Crippen molar-refractivity contribution in [3.8, 4) is 5.75 Å². The van der Waals surface area contributed by atoms with Crippen molar-refractivity contribution in [3.05, 3.63) is 88.9 Å².